The Morgan fingerprint density at radius 2 is 2.11 bits per heavy atom. The molecule has 1 atom stereocenters. The second-order valence-electron chi connectivity index (χ2n) is 8.52. The highest BCUT2D eigenvalue weighted by molar-refractivity contribution is 5.85. The van der Waals surface area contributed by atoms with Gasteiger partial charge in [0.1, 0.15) is 17.3 Å². The molecule has 11 heteroatoms. The van der Waals surface area contributed by atoms with Crippen LogP contribution in [0.1, 0.15) is 6.92 Å². The van der Waals surface area contributed by atoms with E-state index in [0.717, 1.165) is 28.5 Å². The van der Waals surface area contributed by atoms with Crippen LogP contribution >= 0.6 is 0 Å². The molecule has 182 valence electrons. The predicted molar refractivity (Wildman–Crippen MR) is 129 cm³/mol. The summed E-state index contributed by atoms with van der Waals surface area (Å²) in [5, 5.41) is 6.60. The van der Waals surface area contributed by atoms with Crippen LogP contribution in [0.3, 0.4) is 0 Å². The fourth-order valence-electron chi connectivity index (χ4n) is 4.38. The van der Waals surface area contributed by atoms with Gasteiger partial charge in [-0.05, 0) is 37.3 Å². The lowest BCUT2D eigenvalue weighted by Crippen LogP contribution is -2.51. The molecular weight excluding hydrogens is 452 g/mol. The lowest BCUT2D eigenvalue weighted by Gasteiger charge is -2.36. The smallest absolute Gasteiger partial charge is 0.351 e. The number of aliphatic imine (C=N–C) groups is 1. The number of ether oxygens (including phenoxy) is 3. The van der Waals surface area contributed by atoms with Gasteiger partial charge in [-0.3, -0.25) is 9.69 Å². The number of fused-ring (bicyclic) bond motifs is 3. The molecule has 3 N–H and O–H groups in total. The van der Waals surface area contributed by atoms with Gasteiger partial charge in [0.2, 0.25) is 0 Å². The number of hydroxylamine groups is 1. The zero-order valence-electron chi connectivity index (χ0n) is 19.2. The fraction of sp³-hybridized carbons (Fsp3) is 0.333. The standard InChI is InChI=1S/C24H26N6O5/c1-16-13-26-24(30(23(16)28-35-24)18-5-6-21-20(12-18)25-15-34-21)27-17-3-2-4-19(11-17)33-14-22(31)29-7-9-32-10-8-29/h2-6,11-13,25,27-28H,7-10,14-15H2,1H3. The van der Waals surface area contributed by atoms with Crippen molar-refractivity contribution in [1.82, 2.24) is 10.4 Å². The first kappa shape index (κ1) is 21.6. The molecule has 1 amide bonds. The van der Waals surface area contributed by atoms with E-state index < -0.39 is 5.97 Å². The molecule has 11 nitrogen and oxygen atoms in total. The molecule has 2 bridgehead atoms. The quantitative estimate of drug-likeness (QED) is 0.575. The number of nitrogens with zero attached hydrogens (tertiary/aromatic N) is 3. The number of carbonyl (C=O) groups is 1. The topological polar surface area (TPSA) is 109 Å². The second-order valence-corrected chi connectivity index (χ2v) is 8.52. The fourth-order valence-corrected chi connectivity index (χ4v) is 4.38. The minimum atomic E-state index is -1.25. The van der Waals surface area contributed by atoms with Crippen molar-refractivity contribution in [3.05, 3.63) is 53.9 Å². The first-order valence-electron chi connectivity index (χ1n) is 11.5. The lowest BCUT2D eigenvalue weighted by molar-refractivity contribution is -0.137. The van der Waals surface area contributed by atoms with E-state index in [1.165, 1.54) is 0 Å². The first-order valence-corrected chi connectivity index (χ1v) is 11.5. The van der Waals surface area contributed by atoms with E-state index in [-0.39, 0.29) is 12.5 Å². The molecule has 2 fully saturated rings. The minimum absolute atomic E-state index is 0.0345. The third-order valence-corrected chi connectivity index (χ3v) is 6.20. The molecule has 0 spiro atoms. The Hall–Kier alpha value is -3.96. The highest BCUT2D eigenvalue weighted by Crippen LogP contribution is 2.42. The number of nitrogens with one attached hydrogen (secondary N) is 3. The largest absolute Gasteiger partial charge is 0.484 e. The van der Waals surface area contributed by atoms with Gasteiger partial charge < -0.3 is 29.7 Å². The molecule has 6 rings (SSSR count). The van der Waals surface area contributed by atoms with Crippen LogP contribution < -0.4 is 30.5 Å². The van der Waals surface area contributed by atoms with Crippen LogP contribution in [0.25, 0.3) is 0 Å². The molecule has 2 aromatic carbocycles. The van der Waals surface area contributed by atoms with Crippen molar-refractivity contribution in [2.45, 2.75) is 12.9 Å². The summed E-state index contributed by atoms with van der Waals surface area (Å²) in [6.07, 6.45) is 1.77. The van der Waals surface area contributed by atoms with E-state index >= 15 is 0 Å². The zero-order valence-corrected chi connectivity index (χ0v) is 19.2. The van der Waals surface area contributed by atoms with E-state index in [9.17, 15) is 4.79 Å². The molecule has 0 saturated carbocycles. The predicted octanol–water partition coefficient (Wildman–Crippen LogP) is 2.07. The molecular formula is C24H26N6O5. The molecule has 2 saturated heterocycles. The average molecular weight is 479 g/mol. The van der Waals surface area contributed by atoms with Gasteiger partial charge in [0, 0.05) is 36.6 Å². The van der Waals surface area contributed by atoms with Crippen LogP contribution in [-0.2, 0) is 14.4 Å². The van der Waals surface area contributed by atoms with Crippen LogP contribution in [0.2, 0.25) is 0 Å². The Kier molecular flexibility index (Phi) is 5.34. The Labute approximate surface area is 202 Å². The summed E-state index contributed by atoms with van der Waals surface area (Å²) in [7, 11) is 0. The van der Waals surface area contributed by atoms with E-state index in [1.807, 2.05) is 54.3 Å². The van der Waals surface area contributed by atoms with Crippen molar-refractivity contribution in [1.29, 1.82) is 0 Å². The van der Waals surface area contributed by atoms with Crippen LogP contribution in [0.15, 0.2) is 58.9 Å². The normalized spacial score (nSPS) is 22.3. The number of morpholine rings is 1. The molecule has 4 aliphatic rings. The van der Waals surface area contributed by atoms with Crippen molar-refractivity contribution < 1.29 is 23.8 Å². The van der Waals surface area contributed by atoms with Crippen molar-refractivity contribution in [2.75, 3.05) is 55.2 Å². The number of carbonyl (C=O) groups excluding carboxylic acids is 1. The van der Waals surface area contributed by atoms with Gasteiger partial charge in [0.05, 0.1) is 24.6 Å². The number of hydrogen-bond acceptors (Lipinski definition) is 10. The SMILES string of the molecule is CC1=C2NOC(Nc3cccc(OCC(=O)N4CCOCC4)c3)(N=C1)N2c1ccc2c(c1)NCO2. The van der Waals surface area contributed by atoms with Crippen LogP contribution in [0, 0.1) is 0 Å². The van der Waals surface area contributed by atoms with Crippen molar-refractivity contribution in [2.24, 2.45) is 4.99 Å². The maximum absolute atomic E-state index is 12.4. The van der Waals surface area contributed by atoms with Crippen LogP contribution in [0.5, 0.6) is 11.5 Å². The molecule has 4 heterocycles. The number of rotatable bonds is 6. The summed E-state index contributed by atoms with van der Waals surface area (Å²) in [5.41, 5.74) is 6.44. The summed E-state index contributed by atoms with van der Waals surface area (Å²) in [4.78, 5) is 26.8. The Morgan fingerprint density at radius 1 is 1.23 bits per heavy atom. The van der Waals surface area contributed by atoms with Gasteiger partial charge in [-0.2, -0.15) is 0 Å². The number of allylic oxidation sites excluding steroid dienone is 1. The zero-order chi connectivity index (χ0) is 23.8. The van der Waals surface area contributed by atoms with E-state index in [4.69, 9.17) is 24.0 Å². The van der Waals surface area contributed by atoms with Gasteiger partial charge >= 0.3 is 5.97 Å². The summed E-state index contributed by atoms with van der Waals surface area (Å²) < 4.78 is 16.7. The molecule has 35 heavy (non-hydrogen) atoms. The Bertz CT molecular complexity index is 1210. The van der Waals surface area contributed by atoms with E-state index in [1.54, 1.807) is 11.1 Å². The van der Waals surface area contributed by atoms with Crippen molar-refractivity contribution >= 4 is 29.2 Å². The molecule has 4 aliphatic heterocycles. The van der Waals surface area contributed by atoms with Crippen LogP contribution in [0.4, 0.5) is 17.1 Å². The maximum Gasteiger partial charge on any atom is 0.351 e. The van der Waals surface area contributed by atoms with Gasteiger partial charge in [0.15, 0.2) is 13.3 Å². The number of anilines is 3. The second kappa shape index (κ2) is 8.67. The first-order chi connectivity index (χ1) is 17.1. The summed E-state index contributed by atoms with van der Waals surface area (Å²) in [5.74, 6) is 0.854. The molecule has 0 aliphatic carbocycles. The molecule has 2 aromatic rings. The molecule has 1 unspecified atom stereocenters. The summed E-state index contributed by atoms with van der Waals surface area (Å²) in [6, 6.07) is 13.3. The maximum atomic E-state index is 12.4. The Balaban J connectivity index is 1.22. The third-order valence-electron chi connectivity index (χ3n) is 6.20. The average Bonchev–Trinajstić information content (AvgIpc) is 3.47. The summed E-state index contributed by atoms with van der Waals surface area (Å²) >= 11 is 0. The van der Waals surface area contributed by atoms with Gasteiger partial charge in [0.25, 0.3) is 5.91 Å². The van der Waals surface area contributed by atoms with Crippen LogP contribution in [-0.4, -0.2) is 62.6 Å². The summed E-state index contributed by atoms with van der Waals surface area (Å²) in [6.45, 7) is 4.66. The molecule has 0 aromatic heterocycles. The number of hydrogen-bond donors (Lipinski definition) is 3. The lowest BCUT2D eigenvalue weighted by atomic mass is 10.2. The Morgan fingerprint density at radius 3 is 3.00 bits per heavy atom. The number of benzene rings is 2. The number of amides is 1. The van der Waals surface area contributed by atoms with Gasteiger partial charge in [-0.15, -0.1) is 0 Å². The van der Waals surface area contributed by atoms with E-state index in [0.29, 0.717) is 44.5 Å². The van der Waals surface area contributed by atoms with Crippen molar-refractivity contribution in [3.63, 3.8) is 0 Å². The van der Waals surface area contributed by atoms with Gasteiger partial charge in [-0.1, -0.05) is 6.07 Å². The minimum Gasteiger partial charge on any atom is -0.484 e. The van der Waals surface area contributed by atoms with Gasteiger partial charge in [-0.25, -0.2) is 15.3 Å². The molecule has 0 radical (unpaired) electrons. The van der Waals surface area contributed by atoms with Crippen molar-refractivity contribution in [3.8, 4) is 11.5 Å². The highest BCUT2D eigenvalue weighted by atomic mass is 16.7. The highest BCUT2D eigenvalue weighted by Gasteiger charge is 2.49. The van der Waals surface area contributed by atoms with E-state index in [2.05, 4.69) is 16.1 Å². The third kappa shape index (κ3) is 3.98. The monoisotopic (exact) mass is 478 g/mol.